The Hall–Kier alpha value is -0.540. The van der Waals surface area contributed by atoms with Crippen LogP contribution in [0, 0.1) is 11.8 Å². The van der Waals surface area contributed by atoms with Crippen molar-refractivity contribution in [3.8, 4) is 0 Å². The number of hydrogen-bond acceptors (Lipinski definition) is 2. The molecule has 0 radical (unpaired) electrons. The number of aromatic nitrogens is 2. The summed E-state index contributed by atoms with van der Waals surface area (Å²) in [6, 6.07) is 0. The van der Waals surface area contributed by atoms with Gasteiger partial charge in [0, 0.05) is 13.0 Å². The lowest BCUT2D eigenvalue weighted by Gasteiger charge is -2.37. The van der Waals surface area contributed by atoms with Crippen molar-refractivity contribution in [3.63, 3.8) is 0 Å². The maximum absolute atomic E-state index is 11.0. The van der Waals surface area contributed by atoms with Crippen LogP contribution in [0.15, 0.2) is 0 Å². The molecule has 2 rings (SSSR count). The minimum absolute atomic E-state index is 0.604. The van der Waals surface area contributed by atoms with E-state index in [9.17, 15) is 5.11 Å². The van der Waals surface area contributed by atoms with E-state index in [1.807, 2.05) is 4.68 Å². The molecule has 0 aliphatic heterocycles. The van der Waals surface area contributed by atoms with Crippen LogP contribution in [0.1, 0.15) is 64.8 Å². The number of rotatable bonds is 5. The van der Waals surface area contributed by atoms with E-state index >= 15 is 0 Å². The van der Waals surface area contributed by atoms with Gasteiger partial charge in [0.15, 0.2) is 0 Å². The molecule has 0 unspecified atom stereocenters. The van der Waals surface area contributed by atoms with Crippen LogP contribution >= 0.6 is 11.6 Å². The average molecular weight is 313 g/mol. The molecular weight excluding hydrogens is 284 g/mol. The van der Waals surface area contributed by atoms with Crippen LogP contribution in [0.5, 0.6) is 0 Å². The Kier molecular flexibility index (Phi) is 5.37. The molecular formula is C17H29ClN2O. The van der Waals surface area contributed by atoms with Gasteiger partial charge >= 0.3 is 0 Å². The smallest absolute Gasteiger partial charge is 0.0850 e. The second-order valence-corrected chi connectivity index (χ2v) is 7.24. The number of aryl methyl sites for hydroxylation is 2. The molecule has 1 aromatic rings. The molecule has 21 heavy (non-hydrogen) atoms. The molecule has 120 valence electrons. The second-order valence-electron chi connectivity index (χ2n) is 6.86. The highest BCUT2D eigenvalue weighted by atomic mass is 35.5. The first-order chi connectivity index (χ1) is 9.90. The van der Waals surface area contributed by atoms with Gasteiger partial charge in [0.1, 0.15) is 0 Å². The Morgan fingerprint density at radius 2 is 1.95 bits per heavy atom. The third-order valence-corrected chi connectivity index (χ3v) is 5.53. The van der Waals surface area contributed by atoms with E-state index in [0.717, 1.165) is 61.0 Å². The number of aliphatic hydroxyl groups is 1. The van der Waals surface area contributed by atoms with Gasteiger partial charge in [-0.05, 0) is 50.9 Å². The van der Waals surface area contributed by atoms with Crippen LogP contribution in [0.3, 0.4) is 0 Å². The molecule has 3 nitrogen and oxygen atoms in total. The molecule has 1 N–H and O–H groups in total. The summed E-state index contributed by atoms with van der Waals surface area (Å²) in [7, 11) is 0. The number of nitrogens with zero attached hydrogens (tertiary/aromatic N) is 2. The topological polar surface area (TPSA) is 38.0 Å². The highest BCUT2D eigenvalue weighted by molar-refractivity contribution is 6.31. The molecule has 0 bridgehead atoms. The van der Waals surface area contributed by atoms with Gasteiger partial charge in [-0.15, -0.1) is 0 Å². The van der Waals surface area contributed by atoms with E-state index in [-0.39, 0.29) is 0 Å². The summed E-state index contributed by atoms with van der Waals surface area (Å²) in [5.74, 6) is 1.47. The van der Waals surface area contributed by atoms with Gasteiger partial charge in [-0.2, -0.15) is 5.10 Å². The normalized spacial score (nSPS) is 26.5. The van der Waals surface area contributed by atoms with Gasteiger partial charge < -0.3 is 5.11 Å². The Morgan fingerprint density at radius 1 is 1.33 bits per heavy atom. The first-order valence-electron chi connectivity index (χ1n) is 8.36. The zero-order valence-corrected chi connectivity index (χ0v) is 14.6. The van der Waals surface area contributed by atoms with Crippen LogP contribution in [-0.4, -0.2) is 20.5 Å². The van der Waals surface area contributed by atoms with Crippen molar-refractivity contribution in [3.05, 3.63) is 16.4 Å². The fourth-order valence-electron chi connectivity index (χ4n) is 3.52. The van der Waals surface area contributed by atoms with Crippen LogP contribution < -0.4 is 0 Å². The lowest BCUT2D eigenvalue weighted by atomic mass is 9.73. The van der Waals surface area contributed by atoms with Crippen LogP contribution in [0.2, 0.25) is 5.02 Å². The summed E-state index contributed by atoms with van der Waals surface area (Å²) in [6.07, 6.45) is 5.47. The van der Waals surface area contributed by atoms with E-state index in [1.165, 1.54) is 0 Å². The minimum atomic E-state index is -0.604. The van der Waals surface area contributed by atoms with E-state index in [4.69, 9.17) is 11.6 Å². The third-order valence-electron chi connectivity index (χ3n) is 5.09. The first kappa shape index (κ1) is 16.8. The SMILES string of the molecule is CCc1nn(CC)c(CC2(O)CCC(C(C)C)CC2)c1Cl. The highest BCUT2D eigenvalue weighted by Crippen LogP contribution is 2.38. The fraction of sp³-hybridized carbons (Fsp3) is 0.824. The van der Waals surface area contributed by atoms with E-state index < -0.39 is 5.60 Å². The van der Waals surface area contributed by atoms with Crippen LogP contribution in [-0.2, 0) is 19.4 Å². The van der Waals surface area contributed by atoms with Gasteiger partial charge in [-0.25, -0.2) is 0 Å². The number of hydrogen-bond donors (Lipinski definition) is 1. The molecule has 1 aliphatic carbocycles. The monoisotopic (exact) mass is 312 g/mol. The van der Waals surface area contributed by atoms with E-state index in [2.05, 4.69) is 32.8 Å². The third kappa shape index (κ3) is 3.62. The summed E-state index contributed by atoms with van der Waals surface area (Å²) < 4.78 is 1.97. The molecule has 0 amide bonds. The fourth-order valence-corrected chi connectivity index (χ4v) is 3.85. The lowest BCUT2D eigenvalue weighted by Crippen LogP contribution is -2.38. The van der Waals surface area contributed by atoms with Gasteiger partial charge in [0.25, 0.3) is 0 Å². The number of halogens is 1. The Morgan fingerprint density at radius 3 is 2.43 bits per heavy atom. The van der Waals surface area contributed by atoms with Gasteiger partial charge in [-0.1, -0.05) is 32.4 Å². The van der Waals surface area contributed by atoms with Crippen molar-refractivity contribution in [1.29, 1.82) is 0 Å². The Labute approximate surface area is 133 Å². The maximum Gasteiger partial charge on any atom is 0.0850 e. The summed E-state index contributed by atoms with van der Waals surface area (Å²) in [4.78, 5) is 0. The molecule has 1 fully saturated rings. The quantitative estimate of drug-likeness (QED) is 0.883. The molecule has 1 heterocycles. The van der Waals surface area contributed by atoms with Crippen molar-refractivity contribution in [2.24, 2.45) is 11.8 Å². The summed E-state index contributed by atoms with van der Waals surface area (Å²) in [5, 5.41) is 16.3. The van der Waals surface area contributed by atoms with Crippen molar-refractivity contribution < 1.29 is 5.11 Å². The Bertz CT molecular complexity index is 473. The summed E-state index contributed by atoms with van der Waals surface area (Å²) >= 11 is 6.47. The van der Waals surface area contributed by atoms with Crippen molar-refractivity contribution >= 4 is 11.6 Å². The van der Waals surface area contributed by atoms with Crippen molar-refractivity contribution in [2.45, 2.75) is 78.4 Å². The second kappa shape index (κ2) is 6.70. The maximum atomic E-state index is 11.0. The minimum Gasteiger partial charge on any atom is -0.389 e. The molecule has 1 saturated carbocycles. The van der Waals surface area contributed by atoms with Gasteiger partial charge in [0.2, 0.25) is 0 Å². The summed E-state index contributed by atoms with van der Waals surface area (Å²) in [5.41, 5.74) is 1.36. The first-order valence-corrected chi connectivity index (χ1v) is 8.74. The predicted octanol–water partition coefficient (Wildman–Crippen LogP) is 4.24. The van der Waals surface area contributed by atoms with E-state index in [0.29, 0.717) is 12.3 Å². The predicted molar refractivity (Wildman–Crippen MR) is 87.7 cm³/mol. The Balaban J connectivity index is 2.13. The lowest BCUT2D eigenvalue weighted by molar-refractivity contribution is -0.0160. The van der Waals surface area contributed by atoms with Crippen molar-refractivity contribution in [1.82, 2.24) is 9.78 Å². The van der Waals surface area contributed by atoms with E-state index in [1.54, 1.807) is 0 Å². The molecule has 4 heteroatoms. The van der Waals surface area contributed by atoms with Gasteiger partial charge in [0.05, 0.1) is 22.0 Å². The standard InChI is InChI=1S/C17H29ClN2O/c1-5-14-16(18)15(20(6-2)19-14)11-17(21)9-7-13(8-10-17)12(3)4/h12-13,21H,5-11H2,1-4H3. The molecule has 1 aromatic heterocycles. The molecule has 0 aromatic carbocycles. The zero-order chi connectivity index (χ0) is 15.6. The van der Waals surface area contributed by atoms with Crippen molar-refractivity contribution in [2.75, 3.05) is 0 Å². The zero-order valence-electron chi connectivity index (χ0n) is 13.8. The molecule has 0 saturated heterocycles. The molecule has 0 spiro atoms. The average Bonchev–Trinajstić information content (AvgIpc) is 2.75. The largest absolute Gasteiger partial charge is 0.389 e. The van der Waals surface area contributed by atoms with Gasteiger partial charge in [-0.3, -0.25) is 4.68 Å². The molecule has 0 atom stereocenters. The van der Waals surface area contributed by atoms with Crippen LogP contribution in [0.4, 0.5) is 0 Å². The summed E-state index contributed by atoms with van der Waals surface area (Å²) in [6.45, 7) is 9.52. The van der Waals surface area contributed by atoms with Crippen LogP contribution in [0.25, 0.3) is 0 Å². The molecule has 1 aliphatic rings. The highest BCUT2D eigenvalue weighted by Gasteiger charge is 2.36.